The van der Waals surface area contributed by atoms with Crippen molar-refractivity contribution in [1.82, 2.24) is 50.6 Å². The van der Waals surface area contributed by atoms with Gasteiger partial charge in [-0.1, -0.05) is 81.0 Å². The fourth-order valence-corrected chi connectivity index (χ4v) is 12.6. The molecule has 0 spiro atoms. The van der Waals surface area contributed by atoms with E-state index in [1.807, 2.05) is 85.2 Å². The number of amides is 6. The molecule has 2 unspecified atom stereocenters. The van der Waals surface area contributed by atoms with E-state index in [0.717, 1.165) is 79.6 Å². The molecule has 5 N–H and O–H groups in total. The number of carbonyl (C=O) groups excluding carboxylic acids is 6. The summed E-state index contributed by atoms with van der Waals surface area (Å²) < 4.78 is 16.5. The number of likely N-dealkylation sites (tertiary alicyclic amines) is 2. The molecule has 8 rings (SSSR count). The molecule has 2 aliphatic carbocycles. The topological polar surface area (TPSA) is 233 Å². The maximum Gasteiger partial charge on any atom is 0.318 e. The first-order chi connectivity index (χ1) is 38.9. The lowest BCUT2D eigenvalue weighted by Crippen LogP contribution is -2.57. The summed E-state index contributed by atoms with van der Waals surface area (Å²) in [6, 6.07) is 15.2. The molecule has 0 radical (unpaired) electrons. The number of hydrogen-bond acceptors (Lipinski definition) is 11. The lowest BCUT2D eigenvalue weighted by molar-refractivity contribution is -0.166. The summed E-state index contributed by atoms with van der Waals surface area (Å²) >= 11 is 0. The molecule has 2 saturated heterocycles. The van der Waals surface area contributed by atoms with Gasteiger partial charge in [-0.2, -0.15) is 0 Å². The summed E-state index contributed by atoms with van der Waals surface area (Å²) in [6.45, 7) is 9.72. The van der Waals surface area contributed by atoms with E-state index in [9.17, 15) is 28.8 Å². The van der Waals surface area contributed by atoms with Crippen LogP contribution in [-0.2, 0) is 54.3 Å². The number of methoxy groups -OCH3 is 1. The fraction of sp³-hybridized carbons (Fsp3) is 0.607. The molecule has 2 aromatic carbocycles. The number of nitrogens with one attached hydrogen (secondary N) is 5. The average molecular weight is 1110 g/mol. The van der Waals surface area contributed by atoms with Gasteiger partial charge in [-0.05, 0) is 107 Å². The van der Waals surface area contributed by atoms with Gasteiger partial charge in [0.1, 0.15) is 17.8 Å². The Labute approximate surface area is 472 Å². The molecule has 4 fully saturated rings. The molecule has 6 amide bonds. The van der Waals surface area contributed by atoms with Gasteiger partial charge in [0.15, 0.2) is 0 Å². The SMILES string of the molecule is CCOC(=O)C1(C2CCCCC2)CCN(C(=O)C(Cc2ccc(OC)cc2)NC(=O)N(CC)CCc2cnc[nH]2)CC1.CCOC(=O)C1(C2CCCCC2)CCN(C(=O)C(Cc2ccccc2)NC(=O)NCCc2cnc[nH]2)CC1. The second-order valence-corrected chi connectivity index (χ2v) is 22.0. The number of aromatic nitrogens is 4. The molecule has 0 bridgehead atoms. The van der Waals surface area contributed by atoms with Crippen molar-refractivity contribution in [2.45, 2.75) is 148 Å². The Morgan fingerprint density at radius 3 is 1.56 bits per heavy atom. The van der Waals surface area contributed by atoms with Crippen LogP contribution in [0.15, 0.2) is 79.6 Å². The van der Waals surface area contributed by atoms with Gasteiger partial charge in [0.2, 0.25) is 11.8 Å². The van der Waals surface area contributed by atoms with Crippen molar-refractivity contribution in [3.05, 3.63) is 102 Å². The third kappa shape index (κ3) is 16.4. The van der Waals surface area contributed by atoms with Crippen molar-refractivity contribution >= 4 is 35.8 Å². The molecule has 2 aliphatic heterocycles. The van der Waals surface area contributed by atoms with Gasteiger partial charge in [0.25, 0.3) is 0 Å². The molecule has 436 valence electrons. The van der Waals surface area contributed by atoms with Crippen molar-refractivity contribution in [2.24, 2.45) is 22.7 Å². The quantitative estimate of drug-likeness (QED) is 0.0474. The van der Waals surface area contributed by atoms with Crippen LogP contribution in [0.25, 0.3) is 0 Å². The average Bonchev–Trinajstić information content (AvgIpc) is 4.28. The van der Waals surface area contributed by atoms with Gasteiger partial charge < -0.3 is 54.8 Å². The number of likely N-dealkylation sites (N-methyl/N-ethyl adjacent to an activating group) is 1. The number of nitrogens with zero attached hydrogens (tertiary/aromatic N) is 5. The molecular weight excluding hydrogens is 1020 g/mol. The van der Waals surface area contributed by atoms with Crippen molar-refractivity contribution in [3.8, 4) is 5.75 Å². The Kier molecular flexibility index (Phi) is 23.2. The van der Waals surface area contributed by atoms with Crippen LogP contribution in [0.2, 0.25) is 0 Å². The number of H-pyrrole nitrogens is 2. The zero-order valence-electron chi connectivity index (χ0n) is 47.8. The maximum absolute atomic E-state index is 14.0. The molecule has 2 saturated carbocycles. The molecule has 4 aliphatic rings. The number of imidazole rings is 2. The van der Waals surface area contributed by atoms with Crippen LogP contribution in [0.1, 0.15) is 133 Å². The minimum Gasteiger partial charge on any atom is -0.497 e. The fourth-order valence-electron chi connectivity index (χ4n) is 12.6. The van der Waals surface area contributed by atoms with E-state index >= 15 is 0 Å². The van der Waals surface area contributed by atoms with Crippen LogP contribution in [-0.4, -0.2) is 149 Å². The Balaban J connectivity index is 0.000000232. The number of urea groups is 2. The van der Waals surface area contributed by atoms with Gasteiger partial charge >= 0.3 is 24.0 Å². The number of piperidine rings is 2. The van der Waals surface area contributed by atoms with Gasteiger partial charge in [0.05, 0.1) is 43.8 Å². The largest absolute Gasteiger partial charge is 0.497 e. The lowest BCUT2D eigenvalue weighted by Gasteiger charge is -2.46. The predicted octanol–water partition coefficient (Wildman–Crippen LogP) is 7.97. The van der Waals surface area contributed by atoms with Crippen LogP contribution >= 0.6 is 0 Å². The van der Waals surface area contributed by atoms with Crippen molar-refractivity contribution < 1.29 is 43.0 Å². The van der Waals surface area contributed by atoms with Crippen molar-refractivity contribution in [1.29, 1.82) is 0 Å². The highest BCUT2D eigenvalue weighted by molar-refractivity contribution is 5.89. The molecule has 2 aromatic heterocycles. The summed E-state index contributed by atoms with van der Waals surface area (Å²) in [5.74, 6) is 0.897. The van der Waals surface area contributed by atoms with E-state index < -0.39 is 22.9 Å². The number of ether oxygens (including phenoxy) is 3. The lowest BCUT2D eigenvalue weighted by atomic mass is 9.63. The van der Waals surface area contributed by atoms with E-state index in [4.69, 9.17) is 14.2 Å². The zero-order valence-corrected chi connectivity index (χ0v) is 47.8. The normalized spacial score (nSPS) is 18.1. The minimum atomic E-state index is -0.739. The minimum absolute atomic E-state index is 0.102. The van der Waals surface area contributed by atoms with E-state index in [1.165, 1.54) is 12.8 Å². The van der Waals surface area contributed by atoms with Gasteiger partial charge in [0, 0.05) is 95.3 Å². The van der Waals surface area contributed by atoms with Crippen LogP contribution < -0.4 is 20.7 Å². The third-order valence-electron chi connectivity index (χ3n) is 17.3. The summed E-state index contributed by atoms with van der Waals surface area (Å²) in [5, 5.41) is 8.81. The third-order valence-corrected chi connectivity index (χ3v) is 17.3. The van der Waals surface area contributed by atoms with E-state index in [0.29, 0.717) is 122 Å². The second-order valence-electron chi connectivity index (χ2n) is 22.0. The van der Waals surface area contributed by atoms with E-state index in [2.05, 4.69) is 35.9 Å². The van der Waals surface area contributed by atoms with E-state index in [1.54, 1.807) is 37.1 Å². The standard InChI is InChI=1S/C32H47N5O5.C29H41N5O4/c1-4-36(18-15-26-22-33-23-34-26)31(40)35-28(21-24-11-13-27(41-3)14-12-24)29(38)37-19-16-32(17-20-37,30(39)42-5-2)25-9-7-6-8-10-25;1-2-38-27(36)29(23-11-7-4-8-12-23)14-17-34(18-15-29)26(35)25(19-22-9-5-3-6-10-22)33-28(37)31-16-13-24-20-30-21-32-24/h11-14,22-23,25,28H,4-10,15-21H2,1-3H3,(H,33,34)(H,35,40);3,5-6,9-10,20-21,23,25H,2,4,7-8,11-19H2,1H3,(H,30,32)(H2,31,33,37). The molecule has 80 heavy (non-hydrogen) atoms. The van der Waals surface area contributed by atoms with Gasteiger partial charge in [-0.15, -0.1) is 0 Å². The smallest absolute Gasteiger partial charge is 0.318 e. The number of benzene rings is 2. The molecular formula is C61H88N10O9. The molecule has 19 nitrogen and oxygen atoms in total. The number of hydrogen-bond donors (Lipinski definition) is 5. The molecule has 4 heterocycles. The second kappa shape index (κ2) is 30.6. The zero-order chi connectivity index (χ0) is 56.7. The first-order valence-electron chi connectivity index (χ1n) is 29.5. The summed E-state index contributed by atoms with van der Waals surface area (Å²) in [4.78, 5) is 100.0. The highest BCUT2D eigenvalue weighted by Gasteiger charge is 2.51. The number of carbonyl (C=O) groups is 6. The first kappa shape index (κ1) is 60.7. The molecule has 19 heteroatoms. The molecule has 4 aromatic rings. The Morgan fingerprint density at radius 1 is 0.637 bits per heavy atom. The Hall–Kier alpha value is -6.92. The predicted molar refractivity (Wildman–Crippen MR) is 304 cm³/mol. The molecule has 2 atom stereocenters. The van der Waals surface area contributed by atoms with Crippen LogP contribution in [0.3, 0.4) is 0 Å². The van der Waals surface area contributed by atoms with Gasteiger partial charge in [-0.3, -0.25) is 19.2 Å². The summed E-state index contributed by atoms with van der Waals surface area (Å²) in [6.07, 6.45) is 22.3. The maximum atomic E-state index is 14.0. The Bertz CT molecular complexity index is 2520. The van der Waals surface area contributed by atoms with E-state index in [-0.39, 0.29) is 35.8 Å². The summed E-state index contributed by atoms with van der Waals surface area (Å²) in [5.41, 5.74) is 2.73. The monoisotopic (exact) mass is 1100 g/mol. The van der Waals surface area contributed by atoms with Crippen molar-refractivity contribution in [2.75, 3.05) is 66.1 Å². The van der Waals surface area contributed by atoms with Gasteiger partial charge in [-0.25, -0.2) is 19.6 Å². The number of aromatic amines is 2. The van der Waals surface area contributed by atoms with Crippen LogP contribution in [0.5, 0.6) is 5.75 Å². The van der Waals surface area contributed by atoms with Crippen LogP contribution in [0.4, 0.5) is 9.59 Å². The van der Waals surface area contributed by atoms with Crippen molar-refractivity contribution in [3.63, 3.8) is 0 Å². The van der Waals surface area contributed by atoms with Crippen LogP contribution in [0, 0.1) is 22.7 Å². The summed E-state index contributed by atoms with van der Waals surface area (Å²) in [7, 11) is 1.62. The highest BCUT2D eigenvalue weighted by atomic mass is 16.5. The number of rotatable bonds is 22. The number of esters is 2. The first-order valence-corrected chi connectivity index (χ1v) is 29.5. The Morgan fingerprint density at radius 2 is 1.11 bits per heavy atom. The highest BCUT2D eigenvalue weighted by Crippen LogP contribution is 2.48.